The number of phosphoric ester groups is 2. The zero-order valence-corrected chi connectivity index (χ0v) is 12.5. The molecule has 0 saturated carbocycles. The lowest BCUT2D eigenvalue weighted by molar-refractivity contribution is -0.156. The maximum absolute atomic E-state index is 11.4. The highest BCUT2D eigenvalue weighted by molar-refractivity contribution is 7.47. The standard InChI is InChI=1S/C4H7F4O4P.C2H4F3O4P/c5-3(6)1-11-13(9,10)12-2-4(7)8;3-2(4,5)1-9-10(6,7)8/h3-4H,1-2H2,(H,9,10);1H2,(H2,6,7,8). The highest BCUT2D eigenvalue weighted by atomic mass is 31.2. The smallest absolute Gasteiger partial charge is 0.303 e. The Morgan fingerprint density at radius 2 is 1.17 bits per heavy atom. The van der Waals surface area contributed by atoms with Crippen LogP contribution < -0.4 is 0 Å². The summed E-state index contributed by atoms with van der Waals surface area (Å²) < 4.78 is 110. The largest absolute Gasteiger partial charge is 0.472 e. The van der Waals surface area contributed by atoms with Crippen LogP contribution in [0.2, 0.25) is 0 Å². The first kappa shape index (κ1) is 25.0. The molecule has 0 aliphatic carbocycles. The molecule has 0 amide bonds. The average molecular weight is 406 g/mol. The van der Waals surface area contributed by atoms with E-state index < -0.39 is 54.5 Å². The molecule has 8 nitrogen and oxygen atoms in total. The fourth-order valence-corrected chi connectivity index (χ4v) is 1.49. The third kappa shape index (κ3) is 24.1. The predicted molar refractivity (Wildman–Crippen MR) is 57.8 cm³/mol. The zero-order chi connectivity index (χ0) is 18.9. The maximum atomic E-state index is 11.4. The van der Waals surface area contributed by atoms with Crippen molar-refractivity contribution < 1.29 is 68.1 Å². The molecule has 0 spiro atoms. The van der Waals surface area contributed by atoms with E-state index in [1.165, 1.54) is 0 Å². The van der Waals surface area contributed by atoms with Gasteiger partial charge in [0.1, 0.15) is 13.2 Å². The summed E-state index contributed by atoms with van der Waals surface area (Å²) in [4.78, 5) is 24.0. The summed E-state index contributed by atoms with van der Waals surface area (Å²) in [6.45, 7) is -4.61. The van der Waals surface area contributed by atoms with Gasteiger partial charge in [0.25, 0.3) is 12.9 Å². The Morgan fingerprint density at radius 1 is 0.826 bits per heavy atom. The molecule has 0 aliphatic heterocycles. The van der Waals surface area contributed by atoms with Crippen LogP contribution in [0.25, 0.3) is 0 Å². The van der Waals surface area contributed by atoms with Crippen LogP contribution in [0, 0.1) is 0 Å². The number of rotatable bonds is 8. The Labute approximate surface area is 124 Å². The molecule has 0 aromatic carbocycles. The van der Waals surface area contributed by atoms with E-state index in [1.54, 1.807) is 0 Å². The van der Waals surface area contributed by atoms with E-state index in [0.717, 1.165) is 0 Å². The molecular weight excluding hydrogens is 395 g/mol. The highest BCUT2D eigenvalue weighted by Gasteiger charge is 2.31. The molecule has 23 heavy (non-hydrogen) atoms. The minimum Gasteiger partial charge on any atom is -0.303 e. The fourth-order valence-electron chi connectivity index (χ4n) is 0.496. The van der Waals surface area contributed by atoms with Gasteiger partial charge in [0.05, 0.1) is 0 Å². The van der Waals surface area contributed by atoms with Crippen LogP contribution in [0.5, 0.6) is 0 Å². The lowest BCUT2D eigenvalue weighted by Gasteiger charge is -2.10. The van der Waals surface area contributed by atoms with E-state index in [1.807, 2.05) is 0 Å². The second-order valence-electron chi connectivity index (χ2n) is 3.22. The SMILES string of the molecule is O=P(O)(O)OCC(F)(F)F.O=P(O)(OCC(F)F)OCC(F)F. The van der Waals surface area contributed by atoms with Crippen LogP contribution in [0.3, 0.4) is 0 Å². The van der Waals surface area contributed by atoms with E-state index in [0.29, 0.717) is 0 Å². The molecule has 0 bridgehead atoms. The Hall–Kier alpha value is -0.270. The minimum absolute atomic E-state index is 1.34. The molecule has 0 rings (SSSR count). The number of hydrogen-bond acceptors (Lipinski definition) is 5. The van der Waals surface area contributed by atoms with Gasteiger partial charge in [-0.05, 0) is 0 Å². The predicted octanol–water partition coefficient (Wildman–Crippen LogP) is 2.31. The molecule has 142 valence electrons. The van der Waals surface area contributed by atoms with Gasteiger partial charge in [-0.3, -0.25) is 13.6 Å². The second-order valence-corrected chi connectivity index (χ2v) is 5.91. The van der Waals surface area contributed by atoms with Crippen molar-refractivity contribution in [1.82, 2.24) is 0 Å². The molecule has 17 heteroatoms. The minimum atomic E-state index is -4.98. The number of phosphoric acid groups is 2. The highest BCUT2D eigenvalue weighted by Crippen LogP contribution is 2.43. The Bertz CT molecular complexity index is 394. The number of hydrogen-bond donors (Lipinski definition) is 3. The van der Waals surface area contributed by atoms with Gasteiger partial charge in [-0.2, -0.15) is 13.2 Å². The molecule has 0 unspecified atom stereocenters. The van der Waals surface area contributed by atoms with E-state index in [2.05, 4.69) is 13.6 Å². The van der Waals surface area contributed by atoms with Crippen molar-refractivity contribution in [3.8, 4) is 0 Å². The van der Waals surface area contributed by atoms with E-state index in [9.17, 15) is 39.9 Å². The monoisotopic (exact) mass is 406 g/mol. The van der Waals surface area contributed by atoms with Gasteiger partial charge in [-0.25, -0.2) is 26.7 Å². The lowest BCUT2D eigenvalue weighted by atomic mass is 10.7. The molecule has 0 aromatic rings. The van der Waals surface area contributed by atoms with Crippen molar-refractivity contribution in [2.75, 3.05) is 19.8 Å². The van der Waals surface area contributed by atoms with Gasteiger partial charge in [-0.15, -0.1) is 0 Å². The molecule has 0 aliphatic rings. The number of alkyl halides is 7. The molecular formula is C6H11F7O8P2. The van der Waals surface area contributed by atoms with Crippen LogP contribution in [0.15, 0.2) is 0 Å². The summed E-state index contributed by atoms with van der Waals surface area (Å²) in [7, 11) is -9.74. The van der Waals surface area contributed by atoms with E-state index >= 15 is 0 Å². The van der Waals surface area contributed by atoms with Crippen molar-refractivity contribution in [2.24, 2.45) is 0 Å². The molecule has 0 heterocycles. The maximum Gasteiger partial charge on any atom is 0.472 e. The van der Waals surface area contributed by atoms with Crippen molar-refractivity contribution in [1.29, 1.82) is 0 Å². The summed E-state index contributed by atoms with van der Waals surface area (Å²) >= 11 is 0. The van der Waals surface area contributed by atoms with Crippen LogP contribution in [0.1, 0.15) is 0 Å². The van der Waals surface area contributed by atoms with Gasteiger partial charge in [0, 0.05) is 0 Å². The molecule has 0 atom stereocenters. The Balaban J connectivity index is 0. The van der Waals surface area contributed by atoms with Gasteiger partial charge in [0.2, 0.25) is 0 Å². The van der Waals surface area contributed by atoms with Gasteiger partial charge < -0.3 is 14.7 Å². The van der Waals surface area contributed by atoms with Gasteiger partial charge >= 0.3 is 21.8 Å². The molecule has 0 aromatic heterocycles. The molecule has 0 saturated heterocycles. The topological polar surface area (TPSA) is 123 Å². The molecule has 3 N–H and O–H groups in total. The first-order valence-electron chi connectivity index (χ1n) is 4.99. The third-order valence-electron chi connectivity index (χ3n) is 1.12. The first-order valence-corrected chi connectivity index (χ1v) is 8.01. The van der Waals surface area contributed by atoms with E-state index in [-0.39, 0.29) is 0 Å². The Kier molecular flexibility index (Phi) is 11.5. The van der Waals surface area contributed by atoms with Crippen molar-refractivity contribution in [2.45, 2.75) is 19.0 Å². The third-order valence-corrected chi connectivity index (χ3v) is 2.54. The first-order chi connectivity index (χ1) is 10.0. The quantitative estimate of drug-likeness (QED) is 0.415. The Morgan fingerprint density at radius 3 is 1.35 bits per heavy atom. The second kappa shape index (κ2) is 10.6. The van der Waals surface area contributed by atoms with Gasteiger partial charge in [-0.1, -0.05) is 0 Å². The van der Waals surface area contributed by atoms with Crippen molar-refractivity contribution >= 4 is 15.6 Å². The summed E-state index contributed by atoms with van der Waals surface area (Å²) in [6.07, 6.45) is -10.6. The van der Waals surface area contributed by atoms with Crippen LogP contribution in [-0.2, 0) is 22.7 Å². The lowest BCUT2D eigenvalue weighted by Crippen LogP contribution is -2.15. The van der Waals surface area contributed by atoms with Crippen LogP contribution >= 0.6 is 15.6 Å². The number of halogens is 7. The van der Waals surface area contributed by atoms with Gasteiger partial charge in [0.15, 0.2) is 6.61 Å². The zero-order valence-electron chi connectivity index (χ0n) is 10.7. The van der Waals surface area contributed by atoms with Crippen LogP contribution in [-0.4, -0.2) is 53.5 Å². The fraction of sp³-hybridized carbons (Fsp3) is 1.00. The molecule has 0 fully saturated rings. The molecule has 0 radical (unpaired) electrons. The summed E-state index contributed by atoms with van der Waals surface area (Å²) in [6, 6.07) is 0. The summed E-state index contributed by atoms with van der Waals surface area (Å²) in [5.41, 5.74) is 0. The summed E-state index contributed by atoms with van der Waals surface area (Å²) in [5, 5.41) is 0. The van der Waals surface area contributed by atoms with E-state index in [4.69, 9.17) is 14.7 Å². The van der Waals surface area contributed by atoms with Crippen molar-refractivity contribution in [3.63, 3.8) is 0 Å². The van der Waals surface area contributed by atoms with Crippen molar-refractivity contribution in [3.05, 3.63) is 0 Å². The average Bonchev–Trinajstić information content (AvgIpc) is 2.31. The van der Waals surface area contributed by atoms with Crippen LogP contribution in [0.4, 0.5) is 30.7 Å². The normalized spacial score (nSPS) is 13.2. The summed E-state index contributed by atoms with van der Waals surface area (Å²) in [5.74, 6) is 0.